The van der Waals surface area contributed by atoms with Crippen LogP contribution in [0.3, 0.4) is 0 Å². The van der Waals surface area contributed by atoms with Crippen LogP contribution in [-0.4, -0.2) is 52.0 Å². The van der Waals surface area contributed by atoms with Crippen LogP contribution in [0.4, 0.5) is 5.69 Å². The predicted molar refractivity (Wildman–Crippen MR) is 177 cm³/mol. The molecule has 0 radical (unpaired) electrons. The van der Waals surface area contributed by atoms with Crippen molar-refractivity contribution in [3.8, 4) is 17.2 Å². The van der Waals surface area contributed by atoms with Crippen molar-refractivity contribution in [2.24, 2.45) is 0 Å². The molecule has 0 bridgehead atoms. The molecule has 0 atom stereocenters. The molecule has 47 heavy (non-hydrogen) atoms. The molecule has 4 rings (SSSR count). The summed E-state index contributed by atoms with van der Waals surface area (Å²) < 4.78 is 11.2. The molecule has 0 unspecified atom stereocenters. The summed E-state index contributed by atoms with van der Waals surface area (Å²) in [6, 6.07) is 25.7. The predicted octanol–water partition coefficient (Wildman–Crippen LogP) is 6.48. The SMILES string of the molecule is CCCCCCOc1ccc(C(=O)Oc2ccc(CN(CC(=O)O)C(=O)c3ccc(NC(=O)Cc4ccc(O)cc4)cc3)cc2)cc1. The van der Waals surface area contributed by atoms with Crippen molar-refractivity contribution in [1.29, 1.82) is 0 Å². The fourth-order valence-electron chi connectivity index (χ4n) is 4.70. The lowest BCUT2D eigenvalue weighted by atomic mass is 10.1. The molecule has 0 saturated heterocycles. The Kier molecular flexibility index (Phi) is 12.5. The minimum absolute atomic E-state index is 0.00435. The maximum atomic E-state index is 13.3. The highest BCUT2D eigenvalue weighted by Gasteiger charge is 2.20. The van der Waals surface area contributed by atoms with E-state index in [1.54, 1.807) is 72.8 Å². The summed E-state index contributed by atoms with van der Waals surface area (Å²) in [5.41, 5.74) is 2.46. The van der Waals surface area contributed by atoms with Crippen molar-refractivity contribution in [3.63, 3.8) is 0 Å². The maximum absolute atomic E-state index is 13.3. The van der Waals surface area contributed by atoms with Gasteiger partial charge < -0.3 is 29.9 Å². The number of unbranched alkanes of at least 4 members (excludes halogenated alkanes) is 3. The lowest BCUT2D eigenvalue weighted by Gasteiger charge is -2.21. The van der Waals surface area contributed by atoms with Gasteiger partial charge in [-0.2, -0.15) is 0 Å². The van der Waals surface area contributed by atoms with E-state index in [2.05, 4.69) is 12.2 Å². The number of esters is 1. The summed E-state index contributed by atoms with van der Waals surface area (Å²) in [4.78, 5) is 51.1. The smallest absolute Gasteiger partial charge is 0.343 e. The van der Waals surface area contributed by atoms with Crippen LogP contribution in [0.2, 0.25) is 0 Å². The summed E-state index contributed by atoms with van der Waals surface area (Å²) in [6.45, 7) is 2.26. The van der Waals surface area contributed by atoms with E-state index in [4.69, 9.17) is 9.47 Å². The van der Waals surface area contributed by atoms with Crippen molar-refractivity contribution in [3.05, 3.63) is 119 Å². The molecule has 244 valence electrons. The van der Waals surface area contributed by atoms with E-state index in [-0.39, 0.29) is 30.2 Å². The standard InChI is InChI=1S/C37H38N2O8/c1-2-3-4-5-22-46-32-20-12-29(13-21-32)37(45)47-33-18-8-27(9-19-33)24-39(25-35(42)43)36(44)28-10-14-30(15-11-28)38-34(41)23-26-6-16-31(40)17-7-26/h6-21,40H,2-5,22-25H2,1H3,(H,38,41)(H,42,43). The summed E-state index contributed by atoms with van der Waals surface area (Å²) in [7, 11) is 0. The Hall–Kier alpha value is -5.64. The number of carboxylic acid groups (broad SMARTS) is 1. The molecule has 10 nitrogen and oxygen atoms in total. The first kappa shape index (κ1) is 34.2. The van der Waals surface area contributed by atoms with Gasteiger partial charge in [-0.15, -0.1) is 0 Å². The lowest BCUT2D eigenvalue weighted by molar-refractivity contribution is -0.137. The molecule has 0 aliphatic heterocycles. The lowest BCUT2D eigenvalue weighted by Crippen LogP contribution is -2.35. The minimum Gasteiger partial charge on any atom is -0.508 e. The number of nitrogens with zero attached hydrogens (tertiary/aromatic N) is 1. The van der Waals surface area contributed by atoms with Crippen molar-refractivity contribution in [2.75, 3.05) is 18.5 Å². The Balaban J connectivity index is 1.31. The number of aliphatic carboxylic acids is 1. The minimum atomic E-state index is -1.17. The molecule has 0 spiro atoms. The van der Waals surface area contributed by atoms with Crippen LogP contribution in [0.1, 0.15) is 64.4 Å². The van der Waals surface area contributed by atoms with Gasteiger partial charge in [0.15, 0.2) is 0 Å². The van der Waals surface area contributed by atoms with Crippen LogP contribution in [0.25, 0.3) is 0 Å². The monoisotopic (exact) mass is 638 g/mol. The van der Waals surface area contributed by atoms with Crippen LogP contribution < -0.4 is 14.8 Å². The third kappa shape index (κ3) is 11.0. The summed E-state index contributed by atoms with van der Waals surface area (Å²) in [6.07, 6.45) is 4.54. The first-order valence-electron chi connectivity index (χ1n) is 15.4. The van der Waals surface area contributed by atoms with E-state index in [9.17, 15) is 29.4 Å². The Labute approximate surface area is 273 Å². The fraction of sp³-hybridized carbons (Fsp3) is 0.243. The van der Waals surface area contributed by atoms with E-state index in [0.717, 1.165) is 24.8 Å². The number of aromatic hydroxyl groups is 1. The van der Waals surface area contributed by atoms with Gasteiger partial charge in [0.2, 0.25) is 5.91 Å². The Bertz CT molecular complexity index is 1630. The van der Waals surface area contributed by atoms with E-state index >= 15 is 0 Å². The Morgan fingerprint density at radius 3 is 1.98 bits per heavy atom. The van der Waals surface area contributed by atoms with Gasteiger partial charge in [0, 0.05) is 17.8 Å². The molecule has 4 aromatic carbocycles. The highest BCUT2D eigenvalue weighted by atomic mass is 16.5. The summed E-state index contributed by atoms with van der Waals surface area (Å²) in [5, 5.41) is 21.6. The van der Waals surface area contributed by atoms with Gasteiger partial charge in [0.05, 0.1) is 18.6 Å². The molecule has 3 N–H and O–H groups in total. The molecular weight excluding hydrogens is 600 g/mol. The number of nitrogens with one attached hydrogen (secondary N) is 1. The van der Waals surface area contributed by atoms with Gasteiger partial charge >= 0.3 is 11.9 Å². The van der Waals surface area contributed by atoms with Crippen LogP contribution in [0.5, 0.6) is 17.2 Å². The molecule has 0 aromatic heterocycles. The molecule has 4 aromatic rings. The zero-order valence-corrected chi connectivity index (χ0v) is 26.2. The fourth-order valence-corrected chi connectivity index (χ4v) is 4.70. The molecule has 0 saturated carbocycles. The molecule has 10 heteroatoms. The average Bonchev–Trinajstić information content (AvgIpc) is 3.06. The van der Waals surface area contributed by atoms with Crippen LogP contribution >= 0.6 is 0 Å². The molecular formula is C37H38N2O8. The zero-order valence-electron chi connectivity index (χ0n) is 26.2. The van der Waals surface area contributed by atoms with Crippen molar-refractivity contribution in [1.82, 2.24) is 4.90 Å². The summed E-state index contributed by atoms with van der Waals surface area (Å²) in [5.74, 6) is -1.38. The highest BCUT2D eigenvalue weighted by Crippen LogP contribution is 2.20. The number of ether oxygens (including phenoxy) is 2. The number of hydrogen-bond donors (Lipinski definition) is 3. The van der Waals surface area contributed by atoms with E-state index in [1.165, 1.54) is 35.6 Å². The summed E-state index contributed by atoms with van der Waals surface area (Å²) >= 11 is 0. The molecule has 0 fully saturated rings. The third-order valence-corrected chi connectivity index (χ3v) is 7.19. The van der Waals surface area contributed by atoms with Crippen molar-refractivity contribution in [2.45, 2.75) is 45.6 Å². The van der Waals surface area contributed by atoms with Gasteiger partial charge in [0.25, 0.3) is 5.91 Å². The van der Waals surface area contributed by atoms with E-state index in [1.807, 2.05) is 0 Å². The van der Waals surface area contributed by atoms with Crippen LogP contribution in [0.15, 0.2) is 97.1 Å². The third-order valence-electron chi connectivity index (χ3n) is 7.19. The molecule has 2 amide bonds. The first-order valence-corrected chi connectivity index (χ1v) is 15.4. The number of rotatable bonds is 16. The van der Waals surface area contributed by atoms with Gasteiger partial charge in [0.1, 0.15) is 23.8 Å². The maximum Gasteiger partial charge on any atom is 0.343 e. The Morgan fingerprint density at radius 1 is 0.723 bits per heavy atom. The number of phenols is 1. The number of phenolic OH excluding ortho intramolecular Hbond substituents is 1. The normalized spacial score (nSPS) is 10.6. The van der Waals surface area contributed by atoms with Crippen molar-refractivity contribution < 1.29 is 38.9 Å². The second-order valence-electron chi connectivity index (χ2n) is 11.0. The topological polar surface area (TPSA) is 142 Å². The average molecular weight is 639 g/mol. The number of anilines is 1. The molecule has 0 aliphatic carbocycles. The number of amides is 2. The second-order valence-corrected chi connectivity index (χ2v) is 11.0. The van der Waals surface area contributed by atoms with Crippen LogP contribution in [0, 0.1) is 0 Å². The van der Waals surface area contributed by atoms with Gasteiger partial charge in [-0.25, -0.2) is 4.79 Å². The van der Waals surface area contributed by atoms with Crippen LogP contribution in [-0.2, 0) is 22.6 Å². The van der Waals surface area contributed by atoms with Gasteiger partial charge in [-0.1, -0.05) is 50.5 Å². The second kappa shape index (κ2) is 17.2. The number of benzene rings is 4. The number of carbonyl (C=O) groups is 4. The van der Waals surface area contributed by atoms with E-state index in [0.29, 0.717) is 34.9 Å². The van der Waals surface area contributed by atoms with Gasteiger partial charge in [-0.3, -0.25) is 14.4 Å². The Morgan fingerprint density at radius 2 is 1.34 bits per heavy atom. The quantitative estimate of drug-likeness (QED) is 0.0719. The van der Waals surface area contributed by atoms with Gasteiger partial charge in [-0.05, 0) is 90.3 Å². The van der Waals surface area contributed by atoms with E-state index < -0.39 is 24.4 Å². The zero-order chi connectivity index (χ0) is 33.6. The largest absolute Gasteiger partial charge is 0.508 e. The number of hydrogen-bond acceptors (Lipinski definition) is 7. The van der Waals surface area contributed by atoms with Crippen molar-refractivity contribution >= 4 is 29.4 Å². The molecule has 0 heterocycles. The first-order chi connectivity index (χ1) is 22.7. The molecule has 0 aliphatic rings. The number of carbonyl (C=O) groups excluding carboxylic acids is 3. The highest BCUT2D eigenvalue weighted by molar-refractivity contribution is 5.97. The number of carboxylic acids is 1.